The number of carboxylic acids is 1. The van der Waals surface area contributed by atoms with E-state index in [4.69, 9.17) is 16.3 Å². The topological polar surface area (TPSA) is 102 Å². The van der Waals surface area contributed by atoms with Crippen LogP contribution < -0.4 is 10.1 Å². The van der Waals surface area contributed by atoms with E-state index in [9.17, 15) is 23.1 Å². The smallest absolute Gasteiger partial charge is 0.429 e. The largest absolute Gasteiger partial charge is 0.480 e. The van der Waals surface area contributed by atoms with Crippen molar-refractivity contribution in [1.82, 2.24) is 25.1 Å². The second-order valence-electron chi connectivity index (χ2n) is 9.50. The maximum atomic E-state index is 14.5. The van der Waals surface area contributed by atoms with E-state index in [0.717, 1.165) is 11.1 Å². The Morgan fingerprint density at radius 2 is 1.93 bits per heavy atom. The standard InChI is InChI=1S/C29H25ClF3N5O3S/c1-3-34-22(28(39)40)12-17-4-6-18(7-5-17)21-14-42-25-24(21)35-15-36-27(25)41-26(29(31,32)33)20-9-8-19(30)13-23(20)38-11-10-16(2)37-38/h4-11,13-15,22,26,34H,3,12H2,1-2H3,(H,39,40)/t22?,26-/m1/s1. The van der Waals surface area contributed by atoms with Crippen LogP contribution in [0.3, 0.4) is 0 Å². The molecule has 5 aromatic rings. The molecule has 3 heterocycles. The third kappa shape index (κ3) is 6.25. The summed E-state index contributed by atoms with van der Waals surface area (Å²) < 4.78 is 50.9. The summed E-state index contributed by atoms with van der Waals surface area (Å²) in [6.07, 6.45) is -4.13. The lowest BCUT2D eigenvalue weighted by molar-refractivity contribution is -0.198. The molecule has 3 aromatic heterocycles. The van der Waals surface area contributed by atoms with Gasteiger partial charge >= 0.3 is 12.1 Å². The van der Waals surface area contributed by atoms with Crippen LogP contribution in [-0.2, 0) is 11.2 Å². The lowest BCUT2D eigenvalue weighted by Gasteiger charge is -2.24. The van der Waals surface area contributed by atoms with Crippen molar-refractivity contribution in [3.05, 3.63) is 88.3 Å². The third-order valence-electron chi connectivity index (χ3n) is 6.55. The highest BCUT2D eigenvalue weighted by molar-refractivity contribution is 7.18. The van der Waals surface area contributed by atoms with Gasteiger partial charge in [0, 0.05) is 27.7 Å². The maximum Gasteiger partial charge on any atom is 0.429 e. The molecule has 0 radical (unpaired) electrons. The maximum absolute atomic E-state index is 14.5. The average Bonchev–Trinajstić information content (AvgIpc) is 3.58. The molecule has 0 saturated carbocycles. The summed E-state index contributed by atoms with van der Waals surface area (Å²) >= 11 is 7.31. The SMILES string of the molecule is CCNC(Cc1ccc(-c2csc3c(O[C@H](c4ccc(Cl)cc4-n4ccc(C)n4)C(F)(F)F)ncnc23)cc1)C(=O)O. The predicted molar refractivity (Wildman–Crippen MR) is 154 cm³/mol. The first-order chi connectivity index (χ1) is 20.0. The number of likely N-dealkylation sites (N-methyl/N-ethyl adjacent to an activating group) is 1. The third-order valence-corrected chi connectivity index (χ3v) is 7.74. The van der Waals surface area contributed by atoms with Gasteiger partial charge in [0.15, 0.2) is 0 Å². The van der Waals surface area contributed by atoms with Gasteiger partial charge in [-0.3, -0.25) is 4.79 Å². The molecule has 42 heavy (non-hydrogen) atoms. The van der Waals surface area contributed by atoms with Gasteiger partial charge in [0.05, 0.1) is 16.9 Å². The van der Waals surface area contributed by atoms with Crippen molar-refractivity contribution in [2.45, 2.75) is 38.6 Å². The fourth-order valence-corrected chi connectivity index (χ4v) is 5.70. The molecule has 5 rings (SSSR count). The molecule has 0 aliphatic rings. The predicted octanol–water partition coefficient (Wildman–Crippen LogP) is 6.79. The van der Waals surface area contributed by atoms with E-state index in [1.54, 1.807) is 24.6 Å². The molecule has 2 N–H and O–H groups in total. The van der Waals surface area contributed by atoms with Crippen LogP contribution in [0.5, 0.6) is 5.88 Å². The zero-order chi connectivity index (χ0) is 30.0. The van der Waals surface area contributed by atoms with Crippen LogP contribution in [0.2, 0.25) is 5.02 Å². The van der Waals surface area contributed by atoms with E-state index in [-0.39, 0.29) is 22.2 Å². The number of alkyl halides is 3. The lowest BCUT2D eigenvalue weighted by Crippen LogP contribution is -2.38. The second kappa shape index (κ2) is 12.1. The Bertz CT molecular complexity index is 1720. The molecule has 0 aliphatic heterocycles. The number of aryl methyl sites for hydroxylation is 1. The summed E-state index contributed by atoms with van der Waals surface area (Å²) in [4.78, 5) is 19.9. The Hall–Kier alpha value is -4.00. The summed E-state index contributed by atoms with van der Waals surface area (Å²) in [5, 5.41) is 18.6. The minimum absolute atomic E-state index is 0.134. The monoisotopic (exact) mass is 615 g/mol. The molecule has 1 unspecified atom stereocenters. The van der Waals surface area contributed by atoms with Crippen molar-refractivity contribution in [1.29, 1.82) is 0 Å². The zero-order valence-corrected chi connectivity index (χ0v) is 24.0. The number of hydrogen-bond donors (Lipinski definition) is 2. The lowest BCUT2D eigenvalue weighted by atomic mass is 10.0. The summed E-state index contributed by atoms with van der Waals surface area (Å²) in [5.41, 5.74) is 3.31. The quantitative estimate of drug-likeness (QED) is 0.178. The number of fused-ring (bicyclic) bond motifs is 1. The van der Waals surface area contributed by atoms with Gasteiger partial charge in [-0.1, -0.05) is 48.9 Å². The van der Waals surface area contributed by atoms with E-state index in [1.807, 2.05) is 31.2 Å². The number of ether oxygens (including phenoxy) is 1. The zero-order valence-electron chi connectivity index (χ0n) is 22.4. The average molecular weight is 616 g/mol. The Balaban J connectivity index is 1.48. The number of rotatable bonds is 10. The van der Waals surface area contributed by atoms with Gasteiger partial charge in [0.25, 0.3) is 0 Å². The molecule has 218 valence electrons. The Labute approximate surface area is 247 Å². The Morgan fingerprint density at radius 1 is 1.17 bits per heavy atom. The highest BCUT2D eigenvalue weighted by Gasteiger charge is 2.45. The van der Waals surface area contributed by atoms with Gasteiger partial charge in [-0.05, 0) is 49.2 Å². The molecule has 8 nitrogen and oxygen atoms in total. The van der Waals surface area contributed by atoms with Crippen molar-refractivity contribution in [2.24, 2.45) is 0 Å². The number of hydrogen-bond acceptors (Lipinski definition) is 7. The van der Waals surface area contributed by atoms with E-state index >= 15 is 0 Å². The fourth-order valence-electron chi connectivity index (χ4n) is 4.57. The molecule has 0 aliphatic carbocycles. The second-order valence-corrected chi connectivity index (χ2v) is 10.8. The minimum Gasteiger partial charge on any atom is -0.480 e. The number of nitrogens with one attached hydrogen (secondary N) is 1. The number of aliphatic carboxylic acids is 1. The minimum atomic E-state index is -4.79. The molecule has 0 spiro atoms. The number of thiophene rings is 1. The van der Waals surface area contributed by atoms with Crippen molar-refractivity contribution in [3.63, 3.8) is 0 Å². The first kappa shape index (κ1) is 29.5. The molecule has 2 atom stereocenters. The summed E-state index contributed by atoms with van der Waals surface area (Å²) in [5.74, 6) is -1.14. The van der Waals surface area contributed by atoms with E-state index in [1.165, 1.54) is 40.5 Å². The van der Waals surface area contributed by atoms with Crippen LogP contribution in [0.25, 0.3) is 27.0 Å². The molecule has 13 heteroatoms. The van der Waals surface area contributed by atoms with Crippen LogP contribution >= 0.6 is 22.9 Å². The first-order valence-electron chi connectivity index (χ1n) is 12.9. The highest BCUT2D eigenvalue weighted by Crippen LogP contribution is 2.43. The van der Waals surface area contributed by atoms with Crippen LogP contribution in [0.4, 0.5) is 13.2 Å². The Morgan fingerprint density at radius 3 is 2.57 bits per heavy atom. The van der Waals surface area contributed by atoms with Crippen LogP contribution in [0, 0.1) is 6.92 Å². The molecule has 2 aromatic carbocycles. The highest BCUT2D eigenvalue weighted by atomic mass is 35.5. The number of carbonyl (C=O) groups is 1. The van der Waals surface area contributed by atoms with E-state index in [2.05, 4.69) is 20.4 Å². The van der Waals surface area contributed by atoms with E-state index < -0.39 is 24.3 Å². The first-order valence-corrected chi connectivity index (χ1v) is 14.1. The number of halogens is 4. The molecule has 0 saturated heterocycles. The number of nitrogens with zero attached hydrogens (tertiary/aromatic N) is 4. The number of carboxylic acid groups (broad SMARTS) is 1. The van der Waals surface area contributed by atoms with Crippen LogP contribution in [0.15, 0.2) is 66.4 Å². The molecule has 0 fully saturated rings. The van der Waals surface area contributed by atoms with Gasteiger partial charge in [0.2, 0.25) is 12.0 Å². The van der Waals surface area contributed by atoms with Gasteiger partial charge < -0.3 is 15.2 Å². The van der Waals surface area contributed by atoms with Gasteiger partial charge in [-0.15, -0.1) is 11.3 Å². The summed E-state index contributed by atoms with van der Waals surface area (Å²) in [7, 11) is 0. The van der Waals surface area contributed by atoms with Crippen molar-refractivity contribution in [3.8, 4) is 22.7 Å². The molecule has 0 amide bonds. The van der Waals surface area contributed by atoms with E-state index in [0.29, 0.717) is 34.4 Å². The molecular formula is C29H25ClF3N5O3S. The van der Waals surface area contributed by atoms with Crippen molar-refractivity contribution in [2.75, 3.05) is 6.54 Å². The molecular weight excluding hydrogens is 591 g/mol. The summed E-state index contributed by atoms with van der Waals surface area (Å²) in [6, 6.07) is 12.3. The van der Waals surface area contributed by atoms with Gasteiger partial charge in [0.1, 0.15) is 17.1 Å². The van der Waals surface area contributed by atoms with Crippen molar-refractivity contribution >= 4 is 39.1 Å². The molecule has 0 bridgehead atoms. The Kier molecular flexibility index (Phi) is 8.48. The normalized spacial score (nSPS) is 13.3. The van der Waals surface area contributed by atoms with Crippen LogP contribution in [-0.4, -0.2) is 49.6 Å². The van der Waals surface area contributed by atoms with Crippen LogP contribution in [0.1, 0.15) is 29.8 Å². The number of benzene rings is 2. The summed E-state index contributed by atoms with van der Waals surface area (Å²) in [6.45, 7) is 4.10. The number of aromatic nitrogens is 4. The van der Waals surface area contributed by atoms with Gasteiger partial charge in [-0.2, -0.15) is 18.3 Å². The fraction of sp³-hybridized carbons (Fsp3) is 0.241. The van der Waals surface area contributed by atoms with Crippen molar-refractivity contribution < 1.29 is 27.8 Å². The van der Waals surface area contributed by atoms with Gasteiger partial charge in [-0.25, -0.2) is 14.6 Å².